The molecular weight excluding hydrogens is 376 g/mol. The van der Waals surface area contributed by atoms with Gasteiger partial charge in [0.1, 0.15) is 5.78 Å². The third-order valence-corrected chi connectivity index (χ3v) is 5.63. The SMILES string of the molecule is Cn1cc(-c2cccc(-c3ncc(-c4cnn(C5CCC(=O)CC5)c4)cn3)c2)cn1. The number of Topliss-reactive ketones (excluding diaryl/α,β-unsaturated/α-hetero) is 1. The Balaban J connectivity index is 1.36. The lowest BCUT2D eigenvalue weighted by Gasteiger charge is -2.21. The van der Waals surface area contributed by atoms with Crippen LogP contribution in [0.3, 0.4) is 0 Å². The number of aryl methyl sites for hydroxylation is 1. The van der Waals surface area contributed by atoms with Crippen molar-refractivity contribution in [2.24, 2.45) is 7.05 Å². The van der Waals surface area contributed by atoms with Crippen LogP contribution in [0.2, 0.25) is 0 Å². The van der Waals surface area contributed by atoms with Crippen LogP contribution in [-0.2, 0) is 11.8 Å². The summed E-state index contributed by atoms with van der Waals surface area (Å²) in [6, 6.07) is 8.45. The van der Waals surface area contributed by atoms with Gasteiger partial charge in [-0.2, -0.15) is 10.2 Å². The molecule has 1 fully saturated rings. The van der Waals surface area contributed by atoms with Crippen molar-refractivity contribution < 1.29 is 4.79 Å². The first kappa shape index (κ1) is 18.4. The number of ketones is 1. The maximum atomic E-state index is 11.5. The van der Waals surface area contributed by atoms with Crippen LogP contribution >= 0.6 is 0 Å². The summed E-state index contributed by atoms with van der Waals surface area (Å²) in [4.78, 5) is 20.6. The van der Waals surface area contributed by atoms with Gasteiger partial charge in [-0.15, -0.1) is 0 Å². The van der Waals surface area contributed by atoms with Crippen LogP contribution in [0.25, 0.3) is 33.6 Å². The van der Waals surface area contributed by atoms with Crippen LogP contribution in [0, 0.1) is 0 Å². The van der Waals surface area contributed by atoms with Gasteiger partial charge >= 0.3 is 0 Å². The number of aromatic nitrogens is 6. The number of carbonyl (C=O) groups is 1. The Labute approximate surface area is 174 Å². The summed E-state index contributed by atoms with van der Waals surface area (Å²) in [5.74, 6) is 1.04. The molecule has 0 bridgehead atoms. The van der Waals surface area contributed by atoms with Crippen molar-refractivity contribution >= 4 is 5.78 Å². The molecule has 7 nitrogen and oxygen atoms in total. The minimum absolute atomic E-state index is 0.298. The normalized spacial score (nSPS) is 14.9. The number of hydrogen-bond donors (Lipinski definition) is 0. The Bertz CT molecular complexity index is 1180. The molecule has 0 aliphatic heterocycles. The van der Waals surface area contributed by atoms with Crippen LogP contribution in [0.1, 0.15) is 31.7 Å². The average Bonchev–Trinajstić information content (AvgIpc) is 3.44. The molecule has 1 aliphatic carbocycles. The lowest BCUT2D eigenvalue weighted by atomic mass is 9.94. The smallest absolute Gasteiger partial charge is 0.159 e. The van der Waals surface area contributed by atoms with Gasteiger partial charge in [0.25, 0.3) is 0 Å². The fourth-order valence-corrected chi connectivity index (χ4v) is 3.91. The van der Waals surface area contributed by atoms with E-state index in [2.05, 4.69) is 32.3 Å². The number of carbonyl (C=O) groups excluding carboxylic acids is 1. The molecular formula is C23H22N6O. The Kier molecular flexibility index (Phi) is 4.71. The van der Waals surface area contributed by atoms with E-state index in [1.165, 1.54) is 0 Å². The monoisotopic (exact) mass is 398 g/mol. The van der Waals surface area contributed by atoms with Gasteiger partial charge < -0.3 is 0 Å². The molecule has 0 N–H and O–H groups in total. The summed E-state index contributed by atoms with van der Waals surface area (Å²) in [5.41, 5.74) is 5.03. The minimum atomic E-state index is 0.298. The predicted molar refractivity (Wildman–Crippen MR) is 113 cm³/mol. The molecule has 0 radical (unpaired) electrons. The second-order valence-corrected chi connectivity index (χ2v) is 7.76. The van der Waals surface area contributed by atoms with Gasteiger partial charge in [-0.3, -0.25) is 14.2 Å². The zero-order valence-corrected chi connectivity index (χ0v) is 16.8. The van der Waals surface area contributed by atoms with Crippen molar-refractivity contribution in [2.75, 3.05) is 0 Å². The first-order valence-corrected chi connectivity index (χ1v) is 10.1. The van der Waals surface area contributed by atoms with Gasteiger partial charge in [0, 0.05) is 66.9 Å². The number of hydrogen-bond acceptors (Lipinski definition) is 5. The quantitative estimate of drug-likeness (QED) is 0.517. The van der Waals surface area contributed by atoms with Crippen LogP contribution < -0.4 is 0 Å². The summed E-state index contributed by atoms with van der Waals surface area (Å²) in [5, 5.41) is 8.75. The molecule has 0 amide bonds. The largest absolute Gasteiger partial charge is 0.300 e. The van der Waals surface area contributed by atoms with Gasteiger partial charge in [-0.05, 0) is 24.5 Å². The lowest BCUT2D eigenvalue weighted by Crippen LogP contribution is -2.18. The third kappa shape index (κ3) is 3.66. The van der Waals surface area contributed by atoms with Crippen LogP contribution in [-0.4, -0.2) is 35.3 Å². The molecule has 150 valence electrons. The summed E-state index contributed by atoms with van der Waals surface area (Å²) < 4.78 is 3.77. The maximum absolute atomic E-state index is 11.5. The highest BCUT2D eigenvalue weighted by Crippen LogP contribution is 2.28. The van der Waals surface area contributed by atoms with Crippen LogP contribution in [0.4, 0.5) is 0 Å². The Morgan fingerprint density at radius 1 is 0.833 bits per heavy atom. The van der Waals surface area contributed by atoms with E-state index in [0.29, 0.717) is 30.5 Å². The highest BCUT2D eigenvalue weighted by molar-refractivity contribution is 5.79. The maximum Gasteiger partial charge on any atom is 0.159 e. The van der Waals surface area contributed by atoms with Crippen molar-refractivity contribution in [2.45, 2.75) is 31.7 Å². The van der Waals surface area contributed by atoms with Crippen LogP contribution in [0.15, 0.2) is 61.4 Å². The van der Waals surface area contributed by atoms with E-state index >= 15 is 0 Å². The van der Waals surface area contributed by atoms with E-state index in [9.17, 15) is 4.79 Å². The molecule has 1 aliphatic rings. The average molecular weight is 398 g/mol. The molecule has 0 atom stereocenters. The molecule has 30 heavy (non-hydrogen) atoms. The molecule has 0 unspecified atom stereocenters. The highest BCUT2D eigenvalue weighted by Gasteiger charge is 2.21. The summed E-state index contributed by atoms with van der Waals surface area (Å²) in [6.45, 7) is 0. The third-order valence-electron chi connectivity index (χ3n) is 5.63. The van der Waals surface area contributed by atoms with E-state index in [-0.39, 0.29) is 0 Å². The van der Waals surface area contributed by atoms with Gasteiger partial charge in [0.2, 0.25) is 0 Å². The highest BCUT2D eigenvalue weighted by atomic mass is 16.1. The van der Waals surface area contributed by atoms with Crippen molar-refractivity contribution in [3.63, 3.8) is 0 Å². The van der Waals surface area contributed by atoms with E-state index < -0.39 is 0 Å². The summed E-state index contributed by atoms with van der Waals surface area (Å²) in [6.07, 6.45) is 14.4. The van der Waals surface area contributed by atoms with Crippen LogP contribution in [0.5, 0.6) is 0 Å². The van der Waals surface area contributed by atoms with Gasteiger partial charge in [-0.1, -0.05) is 18.2 Å². The van der Waals surface area contributed by atoms with Crippen molar-refractivity contribution in [3.8, 4) is 33.6 Å². The van der Waals surface area contributed by atoms with Gasteiger partial charge in [0.15, 0.2) is 5.82 Å². The van der Waals surface area contributed by atoms with E-state index in [4.69, 9.17) is 0 Å². The van der Waals surface area contributed by atoms with E-state index in [0.717, 1.165) is 40.7 Å². The van der Waals surface area contributed by atoms with E-state index in [1.807, 2.05) is 61.0 Å². The van der Waals surface area contributed by atoms with Gasteiger partial charge in [-0.25, -0.2) is 9.97 Å². The summed E-state index contributed by atoms with van der Waals surface area (Å²) in [7, 11) is 1.91. The standard InChI is InChI=1S/C23H22N6O/c1-28-14-19(12-26-28)16-3-2-4-17(9-16)23-24-10-18(11-25-23)20-13-27-29(15-20)21-5-7-22(30)8-6-21/h2-4,9-15,21H,5-8H2,1H3. The fourth-order valence-electron chi connectivity index (χ4n) is 3.91. The van der Waals surface area contributed by atoms with Crippen molar-refractivity contribution in [1.82, 2.24) is 29.5 Å². The molecule has 3 heterocycles. The molecule has 0 spiro atoms. The predicted octanol–water partition coefficient (Wildman–Crippen LogP) is 4.09. The van der Waals surface area contributed by atoms with E-state index in [1.54, 1.807) is 4.68 Å². The zero-order valence-electron chi connectivity index (χ0n) is 16.8. The summed E-state index contributed by atoms with van der Waals surface area (Å²) >= 11 is 0. The second-order valence-electron chi connectivity index (χ2n) is 7.76. The van der Waals surface area contributed by atoms with Crippen molar-refractivity contribution in [1.29, 1.82) is 0 Å². The molecule has 1 saturated carbocycles. The topological polar surface area (TPSA) is 78.5 Å². The first-order valence-electron chi connectivity index (χ1n) is 10.1. The molecule has 7 heteroatoms. The minimum Gasteiger partial charge on any atom is -0.300 e. The van der Waals surface area contributed by atoms with Crippen molar-refractivity contribution in [3.05, 3.63) is 61.4 Å². The Morgan fingerprint density at radius 2 is 1.53 bits per heavy atom. The zero-order chi connectivity index (χ0) is 20.5. The molecule has 4 aromatic rings. The molecule has 1 aromatic carbocycles. The Morgan fingerprint density at radius 3 is 2.27 bits per heavy atom. The molecule has 0 saturated heterocycles. The molecule has 3 aromatic heterocycles. The fraction of sp³-hybridized carbons (Fsp3) is 0.261. The number of benzene rings is 1. The second kappa shape index (κ2) is 7.67. The lowest BCUT2D eigenvalue weighted by molar-refractivity contribution is -0.120. The number of rotatable bonds is 4. The number of nitrogens with zero attached hydrogens (tertiary/aromatic N) is 6. The van der Waals surface area contributed by atoms with Gasteiger partial charge in [0.05, 0.1) is 18.4 Å². The first-order chi connectivity index (χ1) is 14.7. The molecule has 5 rings (SSSR count). The Hall–Kier alpha value is -3.61.